The van der Waals surface area contributed by atoms with Gasteiger partial charge in [0.15, 0.2) is 0 Å². The van der Waals surface area contributed by atoms with Gasteiger partial charge in [-0.3, -0.25) is 0 Å². The maximum atomic E-state index is 6.05. The summed E-state index contributed by atoms with van der Waals surface area (Å²) < 4.78 is 12.1. The Labute approximate surface area is 259 Å². The van der Waals surface area contributed by atoms with Crippen LogP contribution in [0.5, 0.6) is 11.5 Å². The molecule has 4 rings (SSSR count). The molecule has 0 aromatic heterocycles. The van der Waals surface area contributed by atoms with Crippen molar-refractivity contribution in [2.45, 2.75) is 154 Å². The Balaban J connectivity index is 0.976. The van der Waals surface area contributed by atoms with Gasteiger partial charge in [0.05, 0.1) is 13.2 Å². The second-order valence-electron chi connectivity index (χ2n) is 13.7. The van der Waals surface area contributed by atoms with Crippen molar-refractivity contribution in [3.05, 3.63) is 59.7 Å². The second kappa shape index (κ2) is 19.3. The molecule has 0 unspecified atom stereocenters. The summed E-state index contributed by atoms with van der Waals surface area (Å²) in [4.78, 5) is 0. The van der Waals surface area contributed by atoms with E-state index in [0.29, 0.717) is 0 Å². The maximum absolute atomic E-state index is 6.05. The van der Waals surface area contributed by atoms with Crippen LogP contribution in [0.1, 0.15) is 165 Å². The fraction of sp³-hybridized carbons (Fsp3) is 0.700. The van der Waals surface area contributed by atoms with Gasteiger partial charge in [0, 0.05) is 0 Å². The van der Waals surface area contributed by atoms with Gasteiger partial charge >= 0.3 is 0 Å². The molecule has 42 heavy (non-hydrogen) atoms. The highest BCUT2D eigenvalue weighted by molar-refractivity contribution is 5.30. The summed E-state index contributed by atoms with van der Waals surface area (Å²) in [6, 6.07) is 18.1. The molecule has 0 aliphatic heterocycles. The summed E-state index contributed by atoms with van der Waals surface area (Å²) >= 11 is 0. The van der Waals surface area contributed by atoms with E-state index in [1.807, 2.05) is 0 Å². The van der Waals surface area contributed by atoms with E-state index >= 15 is 0 Å². The normalized spacial score (nSPS) is 22.6. The minimum atomic E-state index is 0.762. The van der Waals surface area contributed by atoms with E-state index in [1.54, 1.807) is 0 Å². The summed E-state index contributed by atoms with van der Waals surface area (Å²) in [5, 5.41) is 0. The molecule has 0 radical (unpaired) electrons. The number of ether oxygens (including phenoxy) is 2. The SMILES string of the molecule is CCCCC1CCC(c2ccc(OCCCCCCCCOc3ccc(C4CCC(CCCC)CC4)cc3)cc2)CC1. The molecule has 2 aliphatic carbocycles. The largest absolute Gasteiger partial charge is 0.494 e. The van der Waals surface area contributed by atoms with Gasteiger partial charge in [0.25, 0.3) is 0 Å². The van der Waals surface area contributed by atoms with Crippen molar-refractivity contribution in [2.75, 3.05) is 13.2 Å². The van der Waals surface area contributed by atoms with Crippen molar-refractivity contribution in [3.8, 4) is 11.5 Å². The molecule has 2 aliphatic rings. The van der Waals surface area contributed by atoms with Gasteiger partial charge in [0.1, 0.15) is 11.5 Å². The molecule has 0 heterocycles. The van der Waals surface area contributed by atoms with E-state index < -0.39 is 0 Å². The van der Waals surface area contributed by atoms with Crippen LogP contribution < -0.4 is 9.47 Å². The molecule has 0 atom stereocenters. The Morgan fingerprint density at radius 3 is 1.17 bits per heavy atom. The molecular weight excluding hydrogens is 512 g/mol. The molecular formula is C40H62O2. The highest BCUT2D eigenvalue weighted by Crippen LogP contribution is 2.39. The molecule has 0 spiro atoms. The quantitative estimate of drug-likeness (QED) is 0.155. The average Bonchev–Trinajstić information content (AvgIpc) is 3.05. The highest BCUT2D eigenvalue weighted by Gasteiger charge is 2.23. The third kappa shape index (κ3) is 11.6. The number of hydrogen-bond acceptors (Lipinski definition) is 2. The lowest BCUT2D eigenvalue weighted by Gasteiger charge is -2.28. The predicted molar refractivity (Wildman–Crippen MR) is 180 cm³/mol. The zero-order valence-corrected chi connectivity index (χ0v) is 27.3. The van der Waals surface area contributed by atoms with Crippen LogP contribution in [-0.2, 0) is 0 Å². The fourth-order valence-electron chi connectivity index (χ4n) is 7.52. The number of hydrogen-bond donors (Lipinski definition) is 0. The van der Waals surface area contributed by atoms with E-state index in [9.17, 15) is 0 Å². The molecule has 234 valence electrons. The van der Waals surface area contributed by atoms with Crippen LogP contribution in [-0.4, -0.2) is 13.2 Å². The Hall–Kier alpha value is -1.96. The van der Waals surface area contributed by atoms with E-state index in [4.69, 9.17) is 9.47 Å². The van der Waals surface area contributed by atoms with Crippen LogP contribution in [0.2, 0.25) is 0 Å². The van der Waals surface area contributed by atoms with Crippen LogP contribution >= 0.6 is 0 Å². The molecule has 0 amide bonds. The zero-order chi connectivity index (χ0) is 29.2. The first-order valence-electron chi connectivity index (χ1n) is 18.2. The van der Waals surface area contributed by atoms with Gasteiger partial charge in [-0.05, 0) is 123 Å². The van der Waals surface area contributed by atoms with Gasteiger partial charge in [0.2, 0.25) is 0 Å². The van der Waals surface area contributed by atoms with Crippen LogP contribution in [0, 0.1) is 11.8 Å². The third-order valence-corrected chi connectivity index (χ3v) is 10.4. The molecule has 2 aromatic rings. The fourth-order valence-corrected chi connectivity index (χ4v) is 7.52. The number of rotatable bonds is 19. The minimum Gasteiger partial charge on any atom is -0.494 e. The smallest absolute Gasteiger partial charge is 0.119 e. The van der Waals surface area contributed by atoms with Gasteiger partial charge in [-0.1, -0.05) is 102 Å². The summed E-state index contributed by atoms with van der Waals surface area (Å²) in [5.41, 5.74) is 3.04. The standard InChI is InChI=1S/C40H62O2/c1-3-5-13-33-15-19-35(20-16-33)37-23-27-39(28-24-37)41-31-11-9-7-8-10-12-32-42-40-29-25-38(26-30-40)36-21-17-34(18-22-36)14-6-4-2/h23-30,33-36H,3-22,31-32H2,1-2H3. The van der Waals surface area contributed by atoms with E-state index in [2.05, 4.69) is 62.4 Å². The Bertz CT molecular complexity index is 853. The minimum absolute atomic E-state index is 0.762. The summed E-state index contributed by atoms with van der Waals surface area (Å²) in [5.74, 6) is 5.56. The molecule has 2 fully saturated rings. The molecule has 2 nitrogen and oxygen atoms in total. The average molecular weight is 575 g/mol. The lowest BCUT2D eigenvalue weighted by Crippen LogP contribution is -2.13. The van der Waals surface area contributed by atoms with Crippen LogP contribution in [0.4, 0.5) is 0 Å². The van der Waals surface area contributed by atoms with Crippen LogP contribution in [0.3, 0.4) is 0 Å². The first-order valence-corrected chi connectivity index (χ1v) is 18.2. The lowest BCUT2D eigenvalue weighted by atomic mass is 9.77. The van der Waals surface area contributed by atoms with Crippen molar-refractivity contribution in [1.29, 1.82) is 0 Å². The van der Waals surface area contributed by atoms with Crippen LogP contribution in [0.25, 0.3) is 0 Å². The number of benzene rings is 2. The molecule has 0 N–H and O–H groups in total. The third-order valence-electron chi connectivity index (χ3n) is 10.4. The first-order chi connectivity index (χ1) is 20.7. The Morgan fingerprint density at radius 1 is 0.452 bits per heavy atom. The van der Waals surface area contributed by atoms with Gasteiger partial charge in [-0.25, -0.2) is 0 Å². The predicted octanol–water partition coefficient (Wildman–Crippen LogP) is 12.4. The first kappa shape index (κ1) is 32.9. The van der Waals surface area contributed by atoms with Crippen molar-refractivity contribution >= 4 is 0 Å². The topological polar surface area (TPSA) is 18.5 Å². The molecule has 0 saturated heterocycles. The highest BCUT2D eigenvalue weighted by atomic mass is 16.5. The summed E-state index contributed by atoms with van der Waals surface area (Å²) in [7, 11) is 0. The molecule has 2 heteroatoms. The van der Waals surface area contributed by atoms with Crippen molar-refractivity contribution in [1.82, 2.24) is 0 Å². The van der Waals surface area contributed by atoms with Crippen molar-refractivity contribution < 1.29 is 9.47 Å². The van der Waals surface area contributed by atoms with Crippen molar-refractivity contribution in [2.24, 2.45) is 11.8 Å². The lowest BCUT2D eigenvalue weighted by molar-refractivity contribution is 0.295. The van der Waals surface area contributed by atoms with E-state index in [-0.39, 0.29) is 0 Å². The summed E-state index contributed by atoms with van der Waals surface area (Å²) in [6.07, 6.45) is 26.9. The van der Waals surface area contributed by atoms with Gasteiger partial charge in [-0.2, -0.15) is 0 Å². The zero-order valence-electron chi connectivity index (χ0n) is 27.3. The Kier molecular flexibility index (Phi) is 15.2. The monoisotopic (exact) mass is 574 g/mol. The molecule has 2 aromatic carbocycles. The Morgan fingerprint density at radius 2 is 0.810 bits per heavy atom. The maximum Gasteiger partial charge on any atom is 0.119 e. The molecule has 2 saturated carbocycles. The van der Waals surface area contributed by atoms with E-state index in [0.717, 1.165) is 61.2 Å². The van der Waals surface area contributed by atoms with Gasteiger partial charge in [-0.15, -0.1) is 0 Å². The number of unbranched alkanes of at least 4 members (excludes halogenated alkanes) is 7. The van der Waals surface area contributed by atoms with Crippen LogP contribution in [0.15, 0.2) is 48.5 Å². The van der Waals surface area contributed by atoms with Crippen molar-refractivity contribution in [3.63, 3.8) is 0 Å². The van der Waals surface area contributed by atoms with Gasteiger partial charge < -0.3 is 9.47 Å². The molecule has 0 bridgehead atoms. The second-order valence-corrected chi connectivity index (χ2v) is 13.7. The van der Waals surface area contributed by atoms with E-state index in [1.165, 1.54) is 127 Å². The summed E-state index contributed by atoms with van der Waals surface area (Å²) in [6.45, 7) is 6.29.